The molecule has 0 spiro atoms. The topological polar surface area (TPSA) is 111 Å². The van der Waals surface area contributed by atoms with Crippen LogP contribution in [0.15, 0.2) is 64.3 Å². The number of amides is 2. The van der Waals surface area contributed by atoms with Crippen LogP contribution >= 0.6 is 11.8 Å². The molecule has 2 amide bonds. The van der Waals surface area contributed by atoms with Gasteiger partial charge in [0.2, 0.25) is 0 Å². The predicted octanol–water partition coefficient (Wildman–Crippen LogP) is 2.76. The van der Waals surface area contributed by atoms with E-state index >= 15 is 0 Å². The van der Waals surface area contributed by atoms with Crippen molar-refractivity contribution in [2.45, 2.75) is 6.54 Å². The number of ether oxygens (including phenoxy) is 1. The van der Waals surface area contributed by atoms with Crippen molar-refractivity contribution in [3.8, 4) is 17.4 Å². The lowest BCUT2D eigenvalue weighted by atomic mass is 10.3. The summed E-state index contributed by atoms with van der Waals surface area (Å²) >= 11 is 0.779. The van der Waals surface area contributed by atoms with Crippen molar-refractivity contribution in [1.82, 2.24) is 14.9 Å². The number of nitrogens with one attached hydrogen (secondary N) is 1. The van der Waals surface area contributed by atoms with Crippen molar-refractivity contribution < 1.29 is 19.4 Å². The molecule has 8 nitrogen and oxygen atoms in total. The van der Waals surface area contributed by atoms with Gasteiger partial charge in [0.25, 0.3) is 17.0 Å². The Balaban J connectivity index is 1.79. The number of phenols is 1. The lowest BCUT2D eigenvalue weighted by Crippen LogP contribution is -2.23. The minimum absolute atomic E-state index is 0.0437. The summed E-state index contributed by atoms with van der Waals surface area (Å²) in [4.78, 5) is 40.5. The Hall–Kier alpha value is -3.59. The number of nitrogens with zero attached hydrogens (tertiary/aromatic N) is 2. The van der Waals surface area contributed by atoms with Gasteiger partial charge in [0.05, 0.1) is 15.9 Å². The fourth-order valence-corrected chi connectivity index (χ4v) is 3.34. The molecule has 1 aliphatic heterocycles. The molecule has 1 fully saturated rings. The highest BCUT2D eigenvalue weighted by atomic mass is 32.2. The SMILES string of the molecule is O=C1NC(=O)/C(=C\Cn2c(=O)c(Oc3ccccc3O)nc3ccccc32)S1. The quantitative estimate of drug-likeness (QED) is 0.654. The van der Waals surface area contributed by atoms with Crippen LogP contribution in [0.5, 0.6) is 17.4 Å². The maximum absolute atomic E-state index is 12.9. The zero-order valence-electron chi connectivity index (χ0n) is 14.3. The zero-order valence-corrected chi connectivity index (χ0v) is 15.1. The highest BCUT2D eigenvalue weighted by Crippen LogP contribution is 2.28. The number of carbonyl (C=O) groups excluding carboxylic acids is 2. The fourth-order valence-electron chi connectivity index (χ4n) is 2.70. The predicted molar refractivity (Wildman–Crippen MR) is 103 cm³/mol. The third-order valence-electron chi connectivity index (χ3n) is 4.00. The lowest BCUT2D eigenvalue weighted by molar-refractivity contribution is -0.115. The smallest absolute Gasteiger partial charge is 0.314 e. The number of imide groups is 1. The van der Waals surface area contributed by atoms with Crippen molar-refractivity contribution in [1.29, 1.82) is 0 Å². The molecule has 1 aromatic heterocycles. The van der Waals surface area contributed by atoms with Crippen LogP contribution in [0.1, 0.15) is 0 Å². The summed E-state index contributed by atoms with van der Waals surface area (Å²) in [5, 5.41) is 11.6. The van der Waals surface area contributed by atoms with E-state index in [4.69, 9.17) is 4.74 Å². The van der Waals surface area contributed by atoms with Crippen LogP contribution < -0.4 is 15.6 Å². The number of rotatable bonds is 4. The third kappa shape index (κ3) is 3.35. The van der Waals surface area contributed by atoms with Gasteiger partial charge in [0.1, 0.15) is 0 Å². The van der Waals surface area contributed by atoms with Gasteiger partial charge in [-0.1, -0.05) is 24.3 Å². The van der Waals surface area contributed by atoms with Crippen LogP contribution in [0, 0.1) is 0 Å². The maximum Gasteiger partial charge on any atom is 0.314 e. The van der Waals surface area contributed by atoms with E-state index in [-0.39, 0.29) is 28.8 Å². The Morgan fingerprint density at radius 2 is 1.86 bits per heavy atom. The Bertz CT molecular complexity index is 1200. The first-order valence-corrected chi connectivity index (χ1v) is 9.03. The van der Waals surface area contributed by atoms with Gasteiger partial charge in [-0.2, -0.15) is 0 Å². The molecule has 0 saturated carbocycles. The van der Waals surface area contributed by atoms with Gasteiger partial charge in [-0.25, -0.2) is 4.98 Å². The largest absolute Gasteiger partial charge is 0.504 e. The van der Waals surface area contributed by atoms with Gasteiger partial charge in [0, 0.05) is 6.54 Å². The summed E-state index contributed by atoms with van der Waals surface area (Å²) in [5.41, 5.74) is 0.516. The number of thioether (sulfide) groups is 1. The first kappa shape index (κ1) is 17.8. The second-order valence-corrected chi connectivity index (χ2v) is 6.82. The van der Waals surface area contributed by atoms with Crippen LogP contribution in [-0.4, -0.2) is 25.8 Å². The molecule has 9 heteroatoms. The number of aromatic nitrogens is 2. The van der Waals surface area contributed by atoms with E-state index in [1.807, 2.05) is 0 Å². The van der Waals surface area contributed by atoms with E-state index in [2.05, 4.69) is 10.3 Å². The van der Waals surface area contributed by atoms with E-state index in [9.17, 15) is 19.5 Å². The molecule has 4 rings (SSSR count). The minimum atomic E-state index is -0.534. The lowest BCUT2D eigenvalue weighted by Gasteiger charge is -2.12. The van der Waals surface area contributed by atoms with Gasteiger partial charge in [-0.05, 0) is 42.1 Å². The molecule has 140 valence electrons. The van der Waals surface area contributed by atoms with Crippen molar-refractivity contribution >= 4 is 33.9 Å². The van der Waals surface area contributed by atoms with Gasteiger partial charge in [0.15, 0.2) is 11.5 Å². The molecular formula is C19H13N3O5S. The average Bonchev–Trinajstić information content (AvgIpc) is 3.00. The van der Waals surface area contributed by atoms with Crippen molar-refractivity contribution in [2.24, 2.45) is 0 Å². The molecule has 3 aromatic rings. The average molecular weight is 395 g/mol. The van der Waals surface area contributed by atoms with E-state index in [0.29, 0.717) is 11.0 Å². The van der Waals surface area contributed by atoms with Crippen molar-refractivity contribution in [2.75, 3.05) is 0 Å². The molecule has 2 aromatic carbocycles. The molecule has 2 heterocycles. The number of fused-ring (bicyclic) bond motifs is 1. The number of hydrogen-bond donors (Lipinski definition) is 2. The molecule has 1 saturated heterocycles. The number of allylic oxidation sites excluding steroid dienone is 1. The Morgan fingerprint density at radius 1 is 1.11 bits per heavy atom. The van der Waals surface area contributed by atoms with Gasteiger partial charge in [-0.15, -0.1) is 0 Å². The Kier molecular flexibility index (Phi) is 4.58. The number of aromatic hydroxyl groups is 1. The highest BCUT2D eigenvalue weighted by Gasteiger charge is 2.25. The minimum Gasteiger partial charge on any atom is -0.504 e. The van der Waals surface area contributed by atoms with Crippen LogP contribution in [0.2, 0.25) is 0 Å². The normalized spacial score (nSPS) is 15.2. The van der Waals surface area contributed by atoms with E-state index in [0.717, 1.165) is 11.8 Å². The molecule has 0 aliphatic carbocycles. The van der Waals surface area contributed by atoms with E-state index in [1.165, 1.54) is 22.8 Å². The van der Waals surface area contributed by atoms with Crippen LogP contribution in [-0.2, 0) is 11.3 Å². The van der Waals surface area contributed by atoms with Crippen LogP contribution in [0.4, 0.5) is 4.79 Å². The van der Waals surface area contributed by atoms with Crippen molar-refractivity contribution in [3.05, 3.63) is 69.9 Å². The summed E-state index contributed by atoms with van der Waals surface area (Å²) in [6.45, 7) is 0.0437. The summed E-state index contributed by atoms with van der Waals surface area (Å²) in [7, 11) is 0. The number of carbonyl (C=O) groups is 2. The highest BCUT2D eigenvalue weighted by molar-refractivity contribution is 8.18. The van der Waals surface area contributed by atoms with Crippen LogP contribution in [0.25, 0.3) is 11.0 Å². The molecule has 0 bridgehead atoms. The molecule has 0 unspecified atom stereocenters. The number of benzene rings is 2. The number of phenolic OH excluding ortho intramolecular Hbond substituents is 1. The molecular weight excluding hydrogens is 382 g/mol. The molecule has 0 radical (unpaired) electrons. The Morgan fingerprint density at radius 3 is 2.61 bits per heavy atom. The molecule has 2 N–H and O–H groups in total. The fraction of sp³-hybridized carbons (Fsp3) is 0.0526. The van der Waals surface area contributed by atoms with E-state index < -0.39 is 16.7 Å². The van der Waals surface area contributed by atoms with Gasteiger partial charge in [-0.3, -0.25) is 24.3 Å². The molecule has 0 atom stereocenters. The summed E-state index contributed by atoms with van der Waals surface area (Å²) in [5.74, 6) is -0.725. The van der Waals surface area contributed by atoms with Crippen molar-refractivity contribution in [3.63, 3.8) is 0 Å². The Labute approximate surface area is 162 Å². The second-order valence-electron chi connectivity index (χ2n) is 5.80. The third-order valence-corrected chi connectivity index (χ3v) is 4.86. The summed E-state index contributed by atoms with van der Waals surface area (Å²) in [6.07, 6.45) is 1.50. The molecule has 1 aliphatic rings. The van der Waals surface area contributed by atoms with Gasteiger partial charge < -0.3 is 9.84 Å². The second kappa shape index (κ2) is 7.20. The summed E-state index contributed by atoms with van der Waals surface area (Å²) < 4.78 is 6.94. The van der Waals surface area contributed by atoms with E-state index in [1.54, 1.807) is 36.4 Å². The first-order valence-electron chi connectivity index (χ1n) is 8.21. The standard InChI is InChI=1S/C19H13N3O5S/c23-13-7-3-4-8-14(13)27-17-18(25)22(12-6-2-1-5-11(12)20-17)10-9-15-16(24)21-19(26)28-15/h1-9,23H,10H2,(H,21,24,26)/b15-9+. The number of para-hydroxylation sites is 4. The van der Waals surface area contributed by atoms with Crippen LogP contribution in [0.3, 0.4) is 0 Å². The number of hydrogen-bond acceptors (Lipinski definition) is 7. The molecule has 28 heavy (non-hydrogen) atoms. The van der Waals surface area contributed by atoms with Gasteiger partial charge >= 0.3 is 5.56 Å². The maximum atomic E-state index is 12.9. The monoisotopic (exact) mass is 395 g/mol. The first-order chi connectivity index (χ1) is 13.5. The zero-order chi connectivity index (χ0) is 19.7. The summed E-state index contributed by atoms with van der Waals surface area (Å²) in [6, 6.07) is 13.2.